The first-order chi connectivity index (χ1) is 7.34. The third-order valence-corrected chi connectivity index (χ3v) is 2.47. The van der Waals surface area contributed by atoms with E-state index in [9.17, 15) is 5.11 Å². The molecule has 2 aromatic rings. The average molecular weight is 199 g/mol. The Bertz CT molecular complexity index is 581. The summed E-state index contributed by atoms with van der Waals surface area (Å²) in [5.74, 6) is 0.180. The number of allylic oxidation sites excluding steroid dienone is 1. The molecule has 3 rings (SSSR count). The predicted octanol–water partition coefficient (Wildman–Crippen LogP) is 1.74. The van der Waals surface area contributed by atoms with Gasteiger partial charge in [0.05, 0.1) is 12.7 Å². The second-order valence-electron chi connectivity index (χ2n) is 3.45. The van der Waals surface area contributed by atoms with Gasteiger partial charge in [0, 0.05) is 23.4 Å². The SMILES string of the molecule is Oc1cnc2[nH]cc(C3=CCN=C3)c2c1. The molecule has 15 heavy (non-hydrogen) atoms. The van der Waals surface area contributed by atoms with Crippen molar-refractivity contribution in [3.63, 3.8) is 0 Å². The van der Waals surface area contributed by atoms with Crippen LogP contribution in [0.25, 0.3) is 16.6 Å². The van der Waals surface area contributed by atoms with Crippen LogP contribution in [0.1, 0.15) is 5.56 Å². The van der Waals surface area contributed by atoms with E-state index in [0.717, 1.165) is 28.7 Å². The van der Waals surface area contributed by atoms with Crippen LogP contribution in [0.5, 0.6) is 5.75 Å². The van der Waals surface area contributed by atoms with Gasteiger partial charge in [0.15, 0.2) is 0 Å². The maximum Gasteiger partial charge on any atom is 0.138 e. The fourth-order valence-electron chi connectivity index (χ4n) is 1.77. The molecule has 0 spiro atoms. The van der Waals surface area contributed by atoms with E-state index in [1.54, 1.807) is 6.07 Å². The molecule has 0 amide bonds. The number of hydrogen-bond acceptors (Lipinski definition) is 3. The first kappa shape index (κ1) is 8.23. The van der Waals surface area contributed by atoms with Crippen molar-refractivity contribution in [3.8, 4) is 5.75 Å². The zero-order valence-electron chi connectivity index (χ0n) is 7.94. The zero-order valence-corrected chi connectivity index (χ0v) is 7.94. The Hall–Kier alpha value is -2.10. The van der Waals surface area contributed by atoms with Crippen LogP contribution in [0.4, 0.5) is 0 Å². The number of aromatic hydroxyl groups is 1. The van der Waals surface area contributed by atoms with Crippen molar-refractivity contribution in [3.05, 3.63) is 30.1 Å². The van der Waals surface area contributed by atoms with Gasteiger partial charge >= 0.3 is 0 Å². The Balaban J connectivity index is 2.27. The molecule has 0 aromatic carbocycles. The summed E-state index contributed by atoms with van der Waals surface area (Å²) >= 11 is 0. The van der Waals surface area contributed by atoms with Crippen molar-refractivity contribution in [2.75, 3.05) is 6.54 Å². The van der Waals surface area contributed by atoms with Crippen molar-refractivity contribution in [1.29, 1.82) is 0 Å². The van der Waals surface area contributed by atoms with Crippen LogP contribution in [0.15, 0.2) is 29.5 Å². The maximum atomic E-state index is 9.39. The lowest BCUT2D eigenvalue weighted by Gasteiger charge is -1.96. The quantitative estimate of drug-likeness (QED) is 0.734. The van der Waals surface area contributed by atoms with E-state index in [-0.39, 0.29) is 5.75 Å². The van der Waals surface area contributed by atoms with Gasteiger partial charge in [-0.25, -0.2) is 4.98 Å². The molecule has 0 saturated heterocycles. The molecule has 0 atom stereocenters. The summed E-state index contributed by atoms with van der Waals surface area (Å²) in [6, 6.07) is 1.71. The normalized spacial score (nSPS) is 14.8. The van der Waals surface area contributed by atoms with Crippen LogP contribution in [0.2, 0.25) is 0 Å². The highest BCUT2D eigenvalue weighted by molar-refractivity contribution is 6.15. The summed E-state index contributed by atoms with van der Waals surface area (Å²) < 4.78 is 0. The number of aromatic amines is 1. The minimum atomic E-state index is 0.180. The highest BCUT2D eigenvalue weighted by Crippen LogP contribution is 2.26. The van der Waals surface area contributed by atoms with E-state index >= 15 is 0 Å². The molecule has 4 nitrogen and oxygen atoms in total. The van der Waals surface area contributed by atoms with Gasteiger partial charge in [0.1, 0.15) is 11.4 Å². The van der Waals surface area contributed by atoms with Gasteiger partial charge in [0.25, 0.3) is 0 Å². The zero-order chi connectivity index (χ0) is 10.3. The summed E-state index contributed by atoms with van der Waals surface area (Å²) in [4.78, 5) is 11.3. The highest BCUT2D eigenvalue weighted by atomic mass is 16.3. The molecule has 0 unspecified atom stereocenters. The Morgan fingerprint density at radius 2 is 2.33 bits per heavy atom. The van der Waals surface area contributed by atoms with Gasteiger partial charge in [-0.1, -0.05) is 6.08 Å². The Labute approximate surface area is 86.0 Å². The minimum Gasteiger partial charge on any atom is -0.506 e. The molecule has 1 aliphatic rings. The topological polar surface area (TPSA) is 61.3 Å². The van der Waals surface area contributed by atoms with E-state index in [1.807, 2.05) is 18.5 Å². The largest absolute Gasteiger partial charge is 0.506 e. The number of pyridine rings is 1. The monoisotopic (exact) mass is 199 g/mol. The molecule has 74 valence electrons. The second-order valence-corrected chi connectivity index (χ2v) is 3.45. The molecule has 2 N–H and O–H groups in total. The smallest absolute Gasteiger partial charge is 0.138 e. The van der Waals surface area contributed by atoms with E-state index in [4.69, 9.17) is 0 Å². The number of nitrogens with zero attached hydrogens (tertiary/aromatic N) is 2. The van der Waals surface area contributed by atoms with Crippen LogP contribution in [-0.4, -0.2) is 27.8 Å². The predicted molar refractivity (Wildman–Crippen MR) is 59.1 cm³/mol. The highest BCUT2D eigenvalue weighted by Gasteiger charge is 2.10. The number of aliphatic imine (C=N–C) groups is 1. The Kier molecular flexibility index (Phi) is 1.62. The van der Waals surface area contributed by atoms with E-state index in [2.05, 4.69) is 15.0 Å². The summed E-state index contributed by atoms with van der Waals surface area (Å²) in [5, 5.41) is 10.3. The Morgan fingerprint density at radius 3 is 3.13 bits per heavy atom. The summed E-state index contributed by atoms with van der Waals surface area (Å²) in [6.45, 7) is 0.730. The van der Waals surface area contributed by atoms with Gasteiger partial charge in [-0.05, 0) is 11.6 Å². The van der Waals surface area contributed by atoms with E-state index < -0.39 is 0 Å². The Morgan fingerprint density at radius 1 is 1.40 bits per heavy atom. The first-order valence-corrected chi connectivity index (χ1v) is 4.71. The van der Waals surface area contributed by atoms with Crippen LogP contribution in [0, 0.1) is 0 Å². The third kappa shape index (κ3) is 1.22. The third-order valence-electron chi connectivity index (χ3n) is 2.47. The molecule has 0 bridgehead atoms. The lowest BCUT2D eigenvalue weighted by atomic mass is 10.1. The molecule has 0 aliphatic carbocycles. The van der Waals surface area contributed by atoms with Crippen molar-refractivity contribution in [1.82, 2.24) is 9.97 Å². The first-order valence-electron chi connectivity index (χ1n) is 4.71. The number of fused-ring (bicyclic) bond motifs is 1. The summed E-state index contributed by atoms with van der Waals surface area (Å²) in [5.41, 5.74) is 2.90. The van der Waals surface area contributed by atoms with Gasteiger partial charge < -0.3 is 10.1 Å². The molecule has 1 aliphatic heterocycles. The van der Waals surface area contributed by atoms with E-state index in [1.165, 1.54) is 6.20 Å². The van der Waals surface area contributed by atoms with Crippen LogP contribution in [0.3, 0.4) is 0 Å². The van der Waals surface area contributed by atoms with Gasteiger partial charge in [-0.15, -0.1) is 0 Å². The number of nitrogens with one attached hydrogen (secondary N) is 1. The average Bonchev–Trinajstić information content (AvgIpc) is 2.83. The van der Waals surface area contributed by atoms with Crippen molar-refractivity contribution in [2.45, 2.75) is 0 Å². The standard InChI is InChI=1S/C11H9N3O/c15-8-3-9-10(7-1-2-12-4-7)6-14-11(9)13-5-8/h1,3-6,15H,2H2,(H,13,14). The molecule has 0 radical (unpaired) electrons. The minimum absolute atomic E-state index is 0.180. The number of aromatic nitrogens is 2. The lowest BCUT2D eigenvalue weighted by molar-refractivity contribution is 0.474. The molecule has 0 saturated carbocycles. The molecule has 2 aromatic heterocycles. The fraction of sp³-hybridized carbons (Fsp3) is 0.0909. The summed E-state index contributed by atoms with van der Waals surface area (Å²) in [6.07, 6.45) is 7.21. The van der Waals surface area contributed by atoms with Crippen molar-refractivity contribution >= 4 is 22.8 Å². The summed E-state index contributed by atoms with van der Waals surface area (Å²) in [7, 11) is 0. The molecular formula is C11H9N3O. The van der Waals surface area contributed by atoms with Crippen molar-refractivity contribution < 1.29 is 5.11 Å². The lowest BCUT2D eigenvalue weighted by Crippen LogP contribution is -1.81. The molecule has 3 heterocycles. The van der Waals surface area contributed by atoms with Crippen LogP contribution >= 0.6 is 0 Å². The second kappa shape index (κ2) is 2.95. The fourth-order valence-corrected chi connectivity index (χ4v) is 1.77. The molecule has 4 heteroatoms. The van der Waals surface area contributed by atoms with Crippen molar-refractivity contribution in [2.24, 2.45) is 4.99 Å². The molecule has 0 fully saturated rings. The number of H-pyrrole nitrogens is 1. The number of rotatable bonds is 1. The van der Waals surface area contributed by atoms with E-state index in [0.29, 0.717) is 0 Å². The van der Waals surface area contributed by atoms with Gasteiger partial charge in [0.2, 0.25) is 0 Å². The molecular weight excluding hydrogens is 190 g/mol. The van der Waals surface area contributed by atoms with Crippen LogP contribution in [-0.2, 0) is 0 Å². The van der Waals surface area contributed by atoms with Gasteiger partial charge in [-0.2, -0.15) is 0 Å². The van der Waals surface area contributed by atoms with Crippen LogP contribution < -0.4 is 0 Å². The van der Waals surface area contributed by atoms with Gasteiger partial charge in [-0.3, -0.25) is 4.99 Å². The maximum absolute atomic E-state index is 9.39. The number of hydrogen-bond donors (Lipinski definition) is 2.